The van der Waals surface area contributed by atoms with Gasteiger partial charge in [0.05, 0.1) is 5.56 Å². The van der Waals surface area contributed by atoms with Crippen LogP contribution >= 0.6 is 11.8 Å². The summed E-state index contributed by atoms with van der Waals surface area (Å²) in [6.07, 6.45) is 6.76. The Kier molecular flexibility index (Phi) is 5.63. The number of nitrogens with zero attached hydrogens (tertiary/aromatic N) is 3. The molecular weight excluding hydrogens is 320 g/mol. The second-order valence-corrected chi connectivity index (χ2v) is 6.27. The van der Waals surface area contributed by atoms with Crippen LogP contribution in [-0.2, 0) is 5.75 Å². The van der Waals surface area contributed by atoms with Crippen LogP contribution in [0, 0.1) is 0 Å². The minimum atomic E-state index is -0.0972. The minimum absolute atomic E-state index is 0.0972. The molecule has 0 unspecified atom stereocenters. The fraction of sp³-hybridized carbons (Fsp3) is 0.167. The highest BCUT2D eigenvalue weighted by Gasteiger charge is 2.06. The van der Waals surface area contributed by atoms with Crippen molar-refractivity contribution < 1.29 is 4.79 Å². The zero-order chi connectivity index (χ0) is 16.6. The quantitative estimate of drug-likeness (QED) is 0.673. The number of aromatic nitrogens is 3. The Hall–Kier alpha value is -2.60. The molecule has 0 saturated carbocycles. The van der Waals surface area contributed by atoms with Gasteiger partial charge in [0.1, 0.15) is 12.1 Å². The first-order chi connectivity index (χ1) is 11.8. The van der Waals surface area contributed by atoms with Gasteiger partial charge in [-0.05, 0) is 17.7 Å². The number of thioether (sulfide) groups is 1. The molecule has 6 heteroatoms. The Morgan fingerprint density at radius 2 is 2.04 bits per heavy atom. The number of hydrogen-bond donors (Lipinski definition) is 1. The van der Waals surface area contributed by atoms with Gasteiger partial charge in [0.15, 0.2) is 0 Å². The number of carbonyl (C=O) groups is 1. The Bertz CT molecular complexity index is 757. The van der Waals surface area contributed by atoms with Crippen LogP contribution in [0.1, 0.15) is 15.9 Å². The van der Waals surface area contributed by atoms with E-state index in [-0.39, 0.29) is 5.91 Å². The number of pyridine rings is 1. The molecule has 0 spiro atoms. The van der Waals surface area contributed by atoms with Gasteiger partial charge in [0.25, 0.3) is 5.91 Å². The van der Waals surface area contributed by atoms with Crippen molar-refractivity contribution >= 4 is 17.7 Å². The first-order valence-corrected chi connectivity index (χ1v) is 8.82. The summed E-state index contributed by atoms with van der Waals surface area (Å²) in [6.45, 7) is 0.638. The van der Waals surface area contributed by atoms with Crippen molar-refractivity contribution in [2.45, 2.75) is 5.75 Å². The summed E-state index contributed by atoms with van der Waals surface area (Å²) in [4.78, 5) is 20.4. The Morgan fingerprint density at radius 3 is 2.75 bits per heavy atom. The molecule has 0 saturated heterocycles. The van der Waals surface area contributed by atoms with E-state index in [4.69, 9.17) is 0 Å². The Balaban J connectivity index is 1.42. The standard InChI is InChI=1S/C18H18N4OS/c23-18(20-9-11-24-13-15-4-2-1-3-5-15)16-6-7-17(21-12-16)22-10-8-19-14-22/h1-8,10,12,14H,9,11,13H2,(H,20,23). The summed E-state index contributed by atoms with van der Waals surface area (Å²) in [7, 11) is 0. The van der Waals surface area contributed by atoms with Gasteiger partial charge in [0.2, 0.25) is 0 Å². The monoisotopic (exact) mass is 338 g/mol. The molecule has 0 atom stereocenters. The van der Waals surface area contributed by atoms with Crippen LogP contribution in [0.5, 0.6) is 0 Å². The van der Waals surface area contributed by atoms with Crippen LogP contribution in [0.3, 0.4) is 0 Å². The second-order valence-electron chi connectivity index (χ2n) is 5.17. The first kappa shape index (κ1) is 16.3. The molecule has 3 aromatic rings. The van der Waals surface area contributed by atoms with Crippen molar-refractivity contribution in [2.24, 2.45) is 0 Å². The molecule has 0 aliphatic rings. The van der Waals surface area contributed by atoms with Gasteiger partial charge in [-0.15, -0.1) is 0 Å². The third-order valence-electron chi connectivity index (χ3n) is 3.42. The summed E-state index contributed by atoms with van der Waals surface area (Å²) < 4.78 is 1.79. The summed E-state index contributed by atoms with van der Waals surface area (Å²) >= 11 is 1.80. The van der Waals surface area contributed by atoms with Gasteiger partial charge in [0, 0.05) is 36.6 Å². The average molecular weight is 338 g/mol. The van der Waals surface area contributed by atoms with Crippen LogP contribution in [-0.4, -0.2) is 32.7 Å². The molecule has 2 heterocycles. The maximum absolute atomic E-state index is 12.1. The van der Waals surface area contributed by atoms with Crippen LogP contribution in [0.25, 0.3) is 5.82 Å². The molecule has 0 aliphatic heterocycles. The molecular formula is C18H18N4OS. The van der Waals surface area contributed by atoms with E-state index in [9.17, 15) is 4.79 Å². The van der Waals surface area contributed by atoms with Gasteiger partial charge < -0.3 is 5.32 Å². The largest absolute Gasteiger partial charge is 0.351 e. The van der Waals surface area contributed by atoms with Crippen LogP contribution in [0.15, 0.2) is 67.4 Å². The SMILES string of the molecule is O=C(NCCSCc1ccccc1)c1ccc(-n2ccnc2)nc1. The van der Waals surface area contributed by atoms with E-state index in [2.05, 4.69) is 27.4 Å². The molecule has 0 aliphatic carbocycles. The molecule has 0 bridgehead atoms. The molecule has 24 heavy (non-hydrogen) atoms. The fourth-order valence-corrected chi connectivity index (χ4v) is 2.99. The van der Waals surface area contributed by atoms with Gasteiger partial charge >= 0.3 is 0 Å². The van der Waals surface area contributed by atoms with Crippen molar-refractivity contribution in [2.75, 3.05) is 12.3 Å². The van der Waals surface area contributed by atoms with Crippen molar-refractivity contribution in [3.63, 3.8) is 0 Å². The summed E-state index contributed by atoms with van der Waals surface area (Å²) in [5.41, 5.74) is 1.86. The number of hydrogen-bond acceptors (Lipinski definition) is 4. The molecule has 122 valence electrons. The predicted octanol–water partition coefficient (Wildman–Crippen LogP) is 2.93. The lowest BCUT2D eigenvalue weighted by Gasteiger charge is -2.06. The molecule has 1 N–H and O–H groups in total. The number of carbonyl (C=O) groups excluding carboxylic acids is 1. The Labute approximate surface area is 145 Å². The number of benzene rings is 1. The van der Waals surface area contributed by atoms with Crippen molar-refractivity contribution in [1.82, 2.24) is 19.9 Å². The van der Waals surface area contributed by atoms with E-state index < -0.39 is 0 Å². The van der Waals surface area contributed by atoms with Crippen LogP contribution < -0.4 is 5.32 Å². The van der Waals surface area contributed by atoms with Gasteiger partial charge in [-0.1, -0.05) is 30.3 Å². The predicted molar refractivity (Wildman–Crippen MR) is 96.3 cm³/mol. The average Bonchev–Trinajstić information content (AvgIpc) is 3.17. The maximum Gasteiger partial charge on any atom is 0.252 e. The topological polar surface area (TPSA) is 59.8 Å². The highest BCUT2D eigenvalue weighted by Crippen LogP contribution is 2.11. The fourth-order valence-electron chi connectivity index (χ4n) is 2.17. The zero-order valence-corrected chi connectivity index (χ0v) is 13.9. The van der Waals surface area contributed by atoms with Gasteiger partial charge in [-0.3, -0.25) is 9.36 Å². The van der Waals surface area contributed by atoms with Crippen LogP contribution in [0.4, 0.5) is 0 Å². The van der Waals surface area contributed by atoms with E-state index in [0.29, 0.717) is 12.1 Å². The first-order valence-electron chi connectivity index (χ1n) is 7.67. The van der Waals surface area contributed by atoms with Gasteiger partial charge in [-0.25, -0.2) is 9.97 Å². The normalized spacial score (nSPS) is 10.5. The molecule has 5 nitrogen and oxygen atoms in total. The number of nitrogens with one attached hydrogen (secondary N) is 1. The molecule has 1 amide bonds. The van der Waals surface area contributed by atoms with Crippen molar-refractivity contribution in [3.05, 3.63) is 78.5 Å². The maximum atomic E-state index is 12.1. The molecule has 3 rings (SSSR count). The molecule has 2 aromatic heterocycles. The van der Waals surface area contributed by atoms with E-state index >= 15 is 0 Å². The molecule has 0 radical (unpaired) electrons. The van der Waals surface area contributed by atoms with E-state index in [0.717, 1.165) is 17.3 Å². The highest BCUT2D eigenvalue weighted by molar-refractivity contribution is 7.98. The van der Waals surface area contributed by atoms with Crippen molar-refractivity contribution in [1.29, 1.82) is 0 Å². The second kappa shape index (κ2) is 8.31. The lowest BCUT2D eigenvalue weighted by Crippen LogP contribution is -2.25. The lowest BCUT2D eigenvalue weighted by molar-refractivity contribution is 0.0956. The third-order valence-corrected chi connectivity index (χ3v) is 4.45. The van der Waals surface area contributed by atoms with Crippen LogP contribution in [0.2, 0.25) is 0 Å². The summed E-state index contributed by atoms with van der Waals surface area (Å²) in [6, 6.07) is 13.9. The zero-order valence-electron chi connectivity index (χ0n) is 13.1. The van der Waals surface area contributed by atoms with E-state index in [1.165, 1.54) is 5.56 Å². The summed E-state index contributed by atoms with van der Waals surface area (Å²) in [5, 5.41) is 2.92. The third kappa shape index (κ3) is 4.45. The van der Waals surface area contributed by atoms with E-state index in [1.54, 1.807) is 47.2 Å². The van der Waals surface area contributed by atoms with Crippen molar-refractivity contribution in [3.8, 4) is 5.82 Å². The van der Waals surface area contributed by atoms with Gasteiger partial charge in [-0.2, -0.15) is 11.8 Å². The number of amides is 1. The number of rotatable bonds is 7. The Morgan fingerprint density at radius 1 is 1.17 bits per heavy atom. The molecule has 0 fully saturated rings. The van der Waals surface area contributed by atoms with E-state index in [1.807, 2.05) is 24.4 Å². The minimum Gasteiger partial charge on any atom is -0.351 e. The lowest BCUT2D eigenvalue weighted by atomic mass is 10.2. The highest BCUT2D eigenvalue weighted by atomic mass is 32.2. The summed E-state index contributed by atoms with van der Waals surface area (Å²) in [5.74, 6) is 2.47. The smallest absolute Gasteiger partial charge is 0.252 e. The number of imidazole rings is 1. The molecule has 1 aromatic carbocycles.